The number of hydrogen-bond acceptors (Lipinski definition) is 5. The van der Waals surface area contributed by atoms with E-state index < -0.39 is 10.0 Å². The highest BCUT2D eigenvalue weighted by atomic mass is 32.2. The lowest BCUT2D eigenvalue weighted by Gasteiger charge is -2.22. The van der Waals surface area contributed by atoms with Gasteiger partial charge in [-0.05, 0) is 45.5 Å². The fourth-order valence-electron chi connectivity index (χ4n) is 2.33. The van der Waals surface area contributed by atoms with E-state index in [9.17, 15) is 8.42 Å². The minimum absolute atomic E-state index is 0.0237. The summed E-state index contributed by atoms with van der Waals surface area (Å²) in [5.74, 6) is 1.11. The molecule has 0 aliphatic carbocycles. The molecule has 120 valence electrons. The Kier molecular flexibility index (Phi) is 5.70. The first-order chi connectivity index (χ1) is 9.95. The maximum absolute atomic E-state index is 12.3. The van der Waals surface area contributed by atoms with Crippen molar-refractivity contribution in [2.24, 2.45) is 0 Å². The molecule has 0 saturated carbocycles. The van der Waals surface area contributed by atoms with Gasteiger partial charge in [-0.2, -0.15) is 16.9 Å². The average molecular weight is 332 g/mol. The van der Waals surface area contributed by atoms with Crippen LogP contribution in [0.3, 0.4) is 0 Å². The lowest BCUT2D eigenvalue weighted by atomic mass is 10.1. The van der Waals surface area contributed by atoms with Gasteiger partial charge in [0, 0.05) is 24.0 Å². The van der Waals surface area contributed by atoms with Crippen LogP contribution in [0, 0.1) is 0 Å². The molecule has 1 saturated heterocycles. The molecule has 0 bridgehead atoms. The highest BCUT2D eigenvalue weighted by molar-refractivity contribution is 8.01. The second-order valence-corrected chi connectivity index (χ2v) is 9.07. The smallest absolute Gasteiger partial charge is 0.243 e. The number of thioether (sulfide) groups is 1. The van der Waals surface area contributed by atoms with Crippen LogP contribution in [0.5, 0.6) is 0 Å². The maximum Gasteiger partial charge on any atom is 0.243 e. The van der Waals surface area contributed by atoms with Gasteiger partial charge >= 0.3 is 0 Å². The summed E-state index contributed by atoms with van der Waals surface area (Å²) >= 11 is 1.84. The topological polar surface area (TPSA) is 76.0 Å². The molecule has 0 amide bonds. The quantitative estimate of drug-likeness (QED) is 0.696. The molecule has 1 aliphatic rings. The highest BCUT2D eigenvalue weighted by Gasteiger charge is 2.31. The molecule has 1 fully saturated rings. The van der Waals surface area contributed by atoms with E-state index in [0.717, 1.165) is 31.6 Å². The molecule has 2 rings (SSSR count). The summed E-state index contributed by atoms with van der Waals surface area (Å²) in [7, 11) is -1.56. The average Bonchev–Trinajstić information content (AvgIpc) is 3.07. The van der Waals surface area contributed by atoms with Crippen LogP contribution in [-0.4, -0.2) is 48.8 Å². The molecule has 0 aromatic carbocycles. The molecule has 0 spiro atoms. The number of aryl methyl sites for hydroxylation is 1. The fourth-order valence-corrected chi connectivity index (χ4v) is 4.79. The third-order valence-electron chi connectivity index (χ3n) is 3.67. The maximum atomic E-state index is 12.3. The van der Waals surface area contributed by atoms with Gasteiger partial charge in [0.2, 0.25) is 10.0 Å². The van der Waals surface area contributed by atoms with Crippen LogP contribution in [0.2, 0.25) is 0 Å². The van der Waals surface area contributed by atoms with Gasteiger partial charge in [-0.25, -0.2) is 13.1 Å². The highest BCUT2D eigenvalue weighted by Crippen LogP contribution is 2.37. The summed E-state index contributed by atoms with van der Waals surface area (Å²) in [4.78, 5) is 0.249. The Morgan fingerprint density at radius 1 is 1.52 bits per heavy atom. The monoisotopic (exact) mass is 332 g/mol. The zero-order chi connectivity index (χ0) is 15.3. The number of hydrogen-bond donors (Lipinski definition) is 2. The van der Waals surface area contributed by atoms with Crippen LogP contribution in [-0.2, 0) is 16.6 Å². The van der Waals surface area contributed by atoms with Gasteiger partial charge in [0.05, 0.1) is 6.20 Å². The van der Waals surface area contributed by atoms with Gasteiger partial charge in [0.15, 0.2) is 0 Å². The zero-order valence-corrected chi connectivity index (χ0v) is 14.3. The van der Waals surface area contributed by atoms with Crippen LogP contribution < -0.4 is 10.0 Å². The van der Waals surface area contributed by atoms with Gasteiger partial charge in [-0.1, -0.05) is 0 Å². The van der Waals surface area contributed by atoms with Crippen LogP contribution in [0.4, 0.5) is 0 Å². The Bertz CT molecular complexity index is 550. The summed E-state index contributed by atoms with van der Waals surface area (Å²) in [5, 5.41) is 7.17. The summed E-state index contributed by atoms with van der Waals surface area (Å²) in [6.45, 7) is 4.19. The van der Waals surface area contributed by atoms with E-state index >= 15 is 0 Å². The summed E-state index contributed by atoms with van der Waals surface area (Å²) in [6.07, 6.45) is 6.16. The molecule has 1 aromatic heterocycles. The van der Waals surface area contributed by atoms with Gasteiger partial charge in [0.25, 0.3) is 0 Å². The zero-order valence-electron chi connectivity index (χ0n) is 12.6. The summed E-state index contributed by atoms with van der Waals surface area (Å²) in [5.41, 5.74) is 0. The van der Waals surface area contributed by atoms with Crippen molar-refractivity contribution >= 4 is 21.8 Å². The molecule has 2 heterocycles. The second kappa shape index (κ2) is 7.13. The van der Waals surface area contributed by atoms with E-state index in [-0.39, 0.29) is 9.64 Å². The number of nitrogens with one attached hydrogen (secondary N) is 2. The Hall–Kier alpha value is -0.570. The van der Waals surface area contributed by atoms with Crippen LogP contribution in [0.1, 0.15) is 26.2 Å². The molecular weight excluding hydrogens is 308 g/mol. The molecular formula is C13H24N4O2S2. The molecule has 6 nitrogen and oxygen atoms in total. The number of nitrogens with zero attached hydrogens (tertiary/aromatic N) is 2. The molecule has 1 aliphatic heterocycles. The summed E-state index contributed by atoms with van der Waals surface area (Å²) in [6, 6.07) is 0. The van der Waals surface area contributed by atoms with Crippen LogP contribution >= 0.6 is 11.8 Å². The Labute approximate surface area is 131 Å². The van der Waals surface area contributed by atoms with E-state index in [1.165, 1.54) is 6.20 Å². The fraction of sp³-hybridized carbons (Fsp3) is 0.769. The first-order valence-corrected chi connectivity index (χ1v) is 9.73. The third-order valence-corrected chi connectivity index (χ3v) is 6.56. The van der Waals surface area contributed by atoms with E-state index in [1.807, 2.05) is 18.8 Å². The molecule has 1 unspecified atom stereocenters. The Balaban J connectivity index is 1.92. The van der Waals surface area contributed by atoms with Gasteiger partial charge in [0.1, 0.15) is 4.90 Å². The molecule has 1 aromatic rings. The largest absolute Gasteiger partial charge is 0.320 e. The molecule has 21 heavy (non-hydrogen) atoms. The number of sulfonamides is 1. The molecule has 2 N–H and O–H groups in total. The summed E-state index contributed by atoms with van der Waals surface area (Å²) < 4.78 is 29.0. The van der Waals surface area contributed by atoms with Crippen molar-refractivity contribution in [2.75, 3.05) is 25.9 Å². The Morgan fingerprint density at radius 3 is 3.00 bits per heavy atom. The van der Waals surface area contributed by atoms with Gasteiger partial charge in [-0.3, -0.25) is 4.68 Å². The van der Waals surface area contributed by atoms with E-state index in [0.29, 0.717) is 13.1 Å². The van der Waals surface area contributed by atoms with E-state index in [1.54, 1.807) is 10.9 Å². The van der Waals surface area contributed by atoms with Gasteiger partial charge in [-0.15, -0.1) is 0 Å². The van der Waals surface area contributed by atoms with Crippen molar-refractivity contribution in [1.29, 1.82) is 0 Å². The molecule has 1 atom stereocenters. The normalized spacial score (nSPS) is 22.8. The third kappa shape index (κ3) is 4.70. The number of rotatable bonds is 8. The SMILES string of the molecule is CNCCCn1cc(S(=O)(=O)NCC2(C)CCCS2)cn1. The lowest BCUT2D eigenvalue weighted by Crippen LogP contribution is -2.36. The molecule has 0 radical (unpaired) electrons. The number of aromatic nitrogens is 2. The molecule has 8 heteroatoms. The van der Waals surface area contributed by atoms with Crippen LogP contribution in [0.15, 0.2) is 17.3 Å². The lowest BCUT2D eigenvalue weighted by molar-refractivity contribution is 0.550. The van der Waals surface area contributed by atoms with Crippen molar-refractivity contribution in [3.8, 4) is 0 Å². The van der Waals surface area contributed by atoms with E-state index in [2.05, 4.69) is 22.1 Å². The van der Waals surface area contributed by atoms with Crippen LogP contribution in [0.25, 0.3) is 0 Å². The van der Waals surface area contributed by atoms with Crippen molar-refractivity contribution in [3.05, 3.63) is 12.4 Å². The van der Waals surface area contributed by atoms with Gasteiger partial charge < -0.3 is 5.32 Å². The minimum Gasteiger partial charge on any atom is -0.320 e. The standard InChI is InChI=1S/C13H24N4O2S2/c1-13(5-3-8-20-13)11-16-21(18,19)12-9-15-17(10-12)7-4-6-14-2/h9-10,14,16H,3-8,11H2,1-2H3. The predicted molar refractivity (Wildman–Crippen MR) is 86.1 cm³/mol. The van der Waals surface area contributed by atoms with Crippen molar-refractivity contribution in [3.63, 3.8) is 0 Å². The predicted octanol–water partition coefficient (Wildman–Crippen LogP) is 1.06. The minimum atomic E-state index is -3.46. The second-order valence-electron chi connectivity index (χ2n) is 5.62. The van der Waals surface area contributed by atoms with E-state index in [4.69, 9.17) is 0 Å². The van der Waals surface area contributed by atoms with Crippen molar-refractivity contribution in [2.45, 2.75) is 42.4 Å². The van der Waals surface area contributed by atoms with Crippen molar-refractivity contribution < 1.29 is 8.42 Å². The first-order valence-electron chi connectivity index (χ1n) is 7.26. The first kappa shape index (κ1) is 16.8. The Morgan fingerprint density at radius 2 is 2.33 bits per heavy atom. The van der Waals surface area contributed by atoms with Crippen molar-refractivity contribution in [1.82, 2.24) is 19.8 Å².